The Morgan fingerprint density at radius 2 is 1.83 bits per heavy atom. The van der Waals surface area contributed by atoms with E-state index < -0.39 is 5.92 Å². The van der Waals surface area contributed by atoms with Crippen LogP contribution in [0.2, 0.25) is 0 Å². The summed E-state index contributed by atoms with van der Waals surface area (Å²) in [6.07, 6.45) is 7.31. The van der Waals surface area contributed by atoms with Crippen molar-refractivity contribution in [3.63, 3.8) is 0 Å². The van der Waals surface area contributed by atoms with Gasteiger partial charge in [-0.15, -0.1) is 0 Å². The number of hydrogen-bond donors (Lipinski definition) is 1. The topological polar surface area (TPSA) is 105 Å². The number of carbonyl (C=O) groups excluding carboxylic acids is 1. The van der Waals surface area contributed by atoms with Crippen molar-refractivity contribution in [1.29, 1.82) is 0 Å². The number of nitrogens with zero attached hydrogens (tertiary/aromatic N) is 7. The lowest BCUT2D eigenvalue weighted by molar-refractivity contribution is -0.0494. The maximum absolute atomic E-state index is 13.3. The fraction of sp³-hybridized carbons (Fsp3) is 0.263. The summed E-state index contributed by atoms with van der Waals surface area (Å²) in [7, 11) is 0. The summed E-state index contributed by atoms with van der Waals surface area (Å²) in [6.45, 7) is 0.0829. The van der Waals surface area contributed by atoms with E-state index in [2.05, 4.69) is 30.1 Å². The highest BCUT2D eigenvalue weighted by molar-refractivity contribution is 5.97. The van der Waals surface area contributed by atoms with Gasteiger partial charge in [0, 0.05) is 43.7 Å². The third-order valence-corrected chi connectivity index (χ3v) is 5.10. The van der Waals surface area contributed by atoms with Crippen molar-refractivity contribution in [2.45, 2.75) is 18.8 Å². The Kier molecular flexibility index (Phi) is 4.23. The molecule has 1 amide bonds. The number of amides is 1. The summed E-state index contributed by atoms with van der Waals surface area (Å²) < 4.78 is 28.5. The normalized spacial score (nSPS) is 16.1. The van der Waals surface area contributed by atoms with E-state index in [1.165, 1.54) is 17.4 Å². The van der Waals surface area contributed by atoms with E-state index in [9.17, 15) is 13.6 Å². The van der Waals surface area contributed by atoms with Crippen molar-refractivity contribution in [1.82, 2.24) is 39.6 Å². The average Bonchev–Trinajstić information content (AvgIpc) is 3.43. The van der Waals surface area contributed by atoms with Gasteiger partial charge in [0.15, 0.2) is 11.6 Å². The van der Waals surface area contributed by atoms with Crippen LogP contribution in [0.3, 0.4) is 0 Å². The van der Waals surface area contributed by atoms with Gasteiger partial charge in [-0.25, -0.2) is 28.7 Å². The Morgan fingerprint density at radius 3 is 2.53 bits per heavy atom. The second-order valence-electron chi connectivity index (χ2n) is 7.07. The first-order chi connectivity index (χ1) is 14.5. The molecule has 5 heterocycles. The molecule has 4 aromatic rings. The molecular weight excluding hydrogens is 394 g/mol. The fourth-order valence-electron chi connectivity index (χ4n) is 3.45. The summed E-state index contributed by atoms with van der Waals surface area (Å²) >= 11 is 0. The molecule has 5 rings (SSSR count). The molecule has 0 unspecified atom stereocenters. The third kappa shape index (κ3) is 3.27. The zero-order valence-electron chi connectivity index (χ0n) is 15.7. The van der Waals surface area contributed by atoms with Crippen molar-refractivity contribution in [2.24, 2.45) is 0 Å². The van der Waals surface area contributed by atoms with Gasteiger partial charge in [-0.05, 0) is 12.1 Å². The molecule has 1 N–H and O–H groups in total. The highest BCUT2D eigenvalue weighted by Gasteiger charge is 2.35. The second-order valence-corrected chi connectivity index (χ2v) is 7.07. The molecule has 9 nitrogen and oxygen atoms in total. The molecule has 1 fully saturated rings. The standard InChI is InChI=1S/C19H16F2N8O/c20-19(21)2-5-28(6-3-19)18(30)13-7-12-1-4-29(17(12)24-8-13)14-9-22-15(23-10-14)16-25-11-26-27-16/h1,4,7-11H,2-3,5-6H2,(H,25,26,27). The number of pyridine rings is 1. The predicted molar refractivity (Wildman–Crippen MR) is 102 cm³/mol. The largest absolute Gasteiger partial charge is 0.338 e. The Labute approximate surface area is 168 Å². The van der Waals surface area contributed by atoms with Crippen LogP contribution in [0, 0.1) is 0 Å². The number of nitrogens with one attached hydrogen (secondary N) is 1. The first kappa shape index (κ1) is 18.3. The van der Waals surface area contributed by atoms with E-state index in [-0.39, 0.29) is 31.8 Å². The first-order valence-corrected chi connectivity index (χ1v) is 9.33. The molecule has 0 saturated carbocycles. The summed E-state index contributed by atoms with van der Waals surface area (Å²) in [5, 5.41) is 7.23. The zero-order valence-corrected chi connectivity index (χ0v) is 15.7. The molecule has 11 heteroatoms. The van der Waals surface area contributed by atoms with Crippen molar-refractivity contribution in [2.75, 3.05) is 13.1 Å². The SMILES string of the molecule is O=C(c1cnc2c(ccn2-c2cnc(-c3ncn[nH]3)nc2)c1)N1CCC(F)(F)CC1. The molecule has 1 aliphatic heterocycles. The molecule has 1 saturated heterocycles. The maximum atomic E-state index is 13.3. The Balaban J connectivity index is 1.39. The van der Waals surface area contributed by atoms with Crippen molar-refractivity contribution in [3.8, 4) is 17.3 Å². The minimum atomic E-state index is -2.69. The second kappa shape index (κ2) is 6.94. The minimum absolute atomic E-state index is 0.0414. The average molecular weight is 410 g/mol. The molecule has 0 aliphatic carbocycles. The maximum Gasteiger partial charge on any atom is 0.255 e. The van der Waals surface area contributed by atoms with E-state index in [4.69, 9.17) is 0 Å². The van der Waals surface area contributed by atoms with Crippen LogP contribution in [-0.4, -0.2) is 64.5 Å². The molecule has 1 aliphatic rings. The van der Waals surface area contributed by atoms with Crippen LogP contribution >= 0.6 is 0 Å². The highest BCUT2D eigenvalue weighted by Crippen LogP contribution is 2.28. The molecule has 0 aromatic carbocycles. The summed E-state index contributed by atoms with van der Waals surface area (Å²) in [4.78, 5) is 31.1. The van der Waals surface area contributed by atoms with Gasteiger partial charge >= 0.3 is 0 Å². The van der Waals surface area contributed by atoms with Gasteiger partial charge in [-0.3, -0.25) is 14.5 Å². The number of piperidine rings is 1. The van der Waals surface area contributed by atoms with E-state index in [1.807, 2.05) is 6.07 Å². The van der Waals surface area contributed by atoms with Crippen LogP contribution < -0.4 is 0 Å². The number of H-pyrrole nitrogens is 1. The van der Waals surface area contributed by atoms with Gasteiger partial charge in [-0.1, -0.05) is 0 Å². The van der Waals surface area contributed by atoms with E-state index in [0.29, 0.717) is 28.5 Å². The highest BCUT2D eigenvalue weighted by atomic mass is 19.3. The zero-order chi connectivity index (χ0) is 20.7. The van der Waals surface area contributed by atoms with Gasteiger partial charge in [0.25, 0.3) is 11.8 Å². The number of halogens is 2. The smallest absolute Gasteiger partial charge is 0.255 e. The summed E-state index contributed by atoms with van der Waals surface area (Å²) in [6, 6.07) is 3.55. The van der Waals surface area contributed by atoms with Crippen molar-refractivity contribution in [3.05, 3.63) is 48.8 Å². The Hall–Kier alpha value is -3.76. The van der Waals surface area contributed by atoms with Gasteiger partial charge < -0.3 is 4.90 Å². The first-order valence-electron chi connectivity index (χ1n) is 9.33. The molecule has 30 heavy (non-hydrogen) atoms. The van der Waals surface area contributed by atoms with Crippen LogP contribution in [0.25, 0.3) is 28.4 Å². The van der Waals surface area contributed by atoms with Crippen LogP contribution in [0.4, 0.5) is 8.78 Å². The van der Waals surface area contributed by atoms with Crippen LogP contribution in [-0.2, 0) is 0 Å². The molecule has 0 radical (unpaired) electrons. The number of aromatic amines is 1. The summed E-state index contributed by atoms with van der Waals surface area (Å²) in [5.74, 6) is -2.09. The van der Waals surface area contributed by atoms with Gasteiger partial charge in [0.2, 0.25) is 0 Å². The van der Waals surface area contributed by atoms with E-state index >= 15 is 0 Å². The van der Waals surface area contributed by atoms with Gasteiger partial charge in [0.05, 0.1) is 23.6 Å². The minimum Gasteiger partial charge on any atom is -0.338 e. The molecule has 0 spiro atoms. The Bertz CT molecular complexity index is 1190. The Morgan fingerprint density at radius 1 is 1.07 bits per heavy atom. The number of likely N-dealkylation sites (tertiary alicyclic amines) is 1. The number of hydrogen-bond acceptors (Lipinski definition) is 6. The number of alkyl halides is 2. The number of rotatable bonds is 3. The molecular formula is C19H16F2N8O. The van der Waals surface area contributed by atoms with Crippen LogP contribution in [0.1, 0.15) is 23.2 Å². The quantitative estimate of drug-likeness (QED) is 0.556. The number of aromatic nitrogens is 7. The molecule has 4 aromatic heterocycles. The van der Waals surface area contributed by atoms with Crippen molar-refractivity contribution < 1.29 is 13.6 Å². The lowest BCUT2D eigenvalue weighted by Crippen LogP contribution is -2.42. The lowest BCUT2D eigenvalue weighted by Gasteiger charge is -2.31. The van der Waals surface area contributed by atoms with E-state index in [1.54, 1.807) is 29.2 Å². The number of carbonyl (C=O) groups is 1. The molecule has 0 bridgehead atoms. The molecule has 152 valence electrons. The predicted octanol–water partition coefficient (Wildman–Crippen LogP) is 2.47. The third-order valence-electron chi connectivity index (χ3n) is 5.10. The lowest BCUT2D eigenvalue weighted by atomic mass is 10.1. The van der Waals surface area contributed by atoms with Gasteiger partial charge in [0.1, 0.15) is 12.0 Å². The van der Waals surface area contributed by atoms with Crippen LogP contribution in [0.5, 0.6) is 0 Å². The summed E-state index contributed by atoms with van der Waals surface area (Å²) in [5.41, 5.74) is 1.70. The van der Waals surface area contributed by atoms with Crippen LogP contribution in [0.15, 0.2) is 43.2 Å². The van der Waals surface area contributed by atoms with Gasteiger partial charge in [-0.2, -0.15) is 5.10 Å². The monoisotopic (exact) mass is 410 g/mol. The number of fused-ring (bicyclic) bond motifs is 1. The van der Waals surface area contributed by atoms with Crippen molar-refractivity contribution >= 4 is 16.9 Å². The molecule has 0 atom stereocenters. The fourth-order valence-corrected chi connectivity index (χ4v) is 3.45. The van der Waals surface area contributed by atoms with E-state index in [0.717, 1.165) is 5.39 Å².